The van der Waals surface area contributed by atoms with Crippen LogP contribution in [0.15, 0.2) is 40.9 Å². The minimum absolute atomic E-state index is 0.0628. The summed E-state index contributed by atoms with van der Waals surface area (Å²) in [7, 11) is 0. The van der Waals surface area contributed by atoms with Crippen molar-refractivity contribution in [2.75, 3.05) is 31.2 Å². The highest BCUT2D eigenvalue weighted by Crippen LogP contribution is 2.35. The van der Waals surface area contributed by atoms with E-state index in [1.54, 1.807) is 18.3 Å². The first-order chi connectivity index (χ1) is 13.2. The topological polar surface area (TPSA) is 84.5 Å². The van der Waals surface area contributed by atoms with Crippen molar-refractivity contribution in [3.8, 4) is 17.1 Å². The molecule has 1 aliphatic heterocycles. The van der Waals surface area contributed by atoms with Gasteiger partial charge in [-0.05, 0) is 30.3 Å². The summed E-state index contributed by atoms with van der Waals surface area (Å²) < 4.78 is 11.4. The SMILES string of the molecule is Oc1cc(Cl)cc(-c2nc(N3CCOCC3)c3oc4ncccc4c3n2)c1. The van der Waals surface area contributed by atoms with E-state index in [0.29, 0.717) is 65.3 Å². The van der Waals surface area contributed by atoms with E-state index in [1.165, 1.54) is 6.07 Å². The van der Waals surface area contributed by atoms with Crippen LogP contribution in [0.1, 0.15) is 0 Å². The Morgan fingerprint density at radius 1 is 1.11 bits per heavy atom. The number of nitrogens with zero attached hydrogens (tertiary/aromatic N) is 4. The molecule has 1 aromatic carbocycles. The van der Waals surface area contributed by atoms with Crippen molar-refractivity contribution in [1.29, 1.82) is 0 Å². The normalized spacial score (nSPS) is 14.9. The molecule has 136 valence electrons. The van der Waals surface area contributed by atoms with Gasteiger partial charge in [-0.25, -0.2) is 15.0 Å². The van der Waals surface area contributed by atoms with Gasteiger partial charge in [0.1, 0.15) is 11.3 Å². The lowest BCUT2D eigenvalue weighted by Crippen LogP contribution is -2.37. The van der Waals surface area contributed by atoms with Gasteiger partial charge in [0.15, 0.2) is 17.2 Å². The summed E-state index contributed by atoms with van der Waals surface area (Å²) in [5, 5.41) is 11.2. The summed E-state index contributed by atoms with van der Waals surface area (Å²) in [5.41, 5.74) is 2.43. The molecule has 5 rings (SSSR count). The Morgan fingerprint density at radius 3 is 2.78 bits per heavy atom. The van der Waals surface area contributed by atoms with Crippen LogP contribution in [0.25, 0.3) is 33.6 Å². The van der Waals surface area contributed by atoms with Crippen molar-refractivity contribution in [2.24, 2.45) is 0 Å². The van der Waals surface area contributed by atoms with Crippen LogP contribution in [-0.4, -0.2) is 46.4 Å². The van der Waals surface area contributed by atoms with Crippen molar-refractivity contribution in [3.63, 3.8) is 0 Å². The summed E-state index contributed by atoms with van der Waals surface area (Å²) in [4.78, 5) is 15.9. The first kappa shape index (κ1) is 16.3. The number of morpholine rings is 1. The number of phenols is 1. The molecule has 1 aliphatic rings. The lowest BCUT2D eigenvalue weighted by atomic mass is 10.2. The van der Waals surface area contributed by atoms with Crippen molar-refractivity contribution < 1.29 is 14.3 Å². The molecule has 4 heterocycles. The van der Waals surface area contributed by atoms with E-state index < -0.39 is 0 Å². The van der Waals surface area contributed by atoms with Crippen LogP contribution in [0.3, 0.4) is 0 Å². The highest BCUT2D eigenvalue weighted by atomic mass is 35.5. The predicted octanol–water partition coefficient (Wildman–Crippen LogP) is 3.63. The molecule has 1 saturated heterocycles. The molecule has 1 fully saturated rings. The Morgan fingerprint density at radius 2 is 1.96 bits per heavy atom. The number of aromatic nitrogens is 3. The number of furan rings is 1. The molecule has 8 heteroatoms. The van der Waals surface area contributed by atoms with Gasteiger partial charge in [0, 0.05) is 29.9 Å². The van der Waals surface area contributed by atoms with Crippen LogP contribution in [0, 0.1) is 0 Å². The fourth-order valence-electron chi connectivity index (χ4n) is 3.29. The Kier molecular flexibility index (Phi) is 3.84. The molecule has 27 heavy (non-hydrogen) atoms. The quantitative estimate of drug-likeness (QED) is 0.566. The summed E-state index contributed by atoms with van der Waals surface area (Å²) >= 11 is 6.11. The first-order valence-electron chi connectivity index (χ1n) is 8.57. The number of phenolic OH excluding ortho intramolecular Hbond substituents is 1. The van der Waals surface area contributed by atoms with Gasteiger partial charge in [0.05, 0.1) is 18.6 Å². The zero-order chi connectivity index (χ0) is 18.4. The number of ether oxygens (including phenoxy) is 1. The van der Waals surface area contributed by atoms with E-state index in [9.17, 15) is 5.11 Å². The number of anilines is 1. The molecule has 0 radical (unpaired) electrons. The molecule has 0 unspecified atom stereocenters. The number of benzene rings is 1. The van der Waals surface area contributed by atoms with Crippen molar-refractivity contribution in [2.45, 2.75) is 0 Å². The van der Waals surface area contributed by atoms with Gasteiger partial charge < -0.3 is 19.2 Å². The van der Waals surface area contributed by atoms with E-state index >= 15 is 0 Å². The van der Waals surface area contributed by atoms with E-state index in [0.717, 1.165) is 5.39 Å². The highest BCUT2D eigenvalue weighted by Gasteiger charge is 2.23. The second-order valence-corrected chi connectivity index (χ2v) is 6.74. The van der Waals surface area contributed by atoms with Gasteiger partial charge in [-0.15, -0.1) is 0 Å². The summed E-state index contributed by atoms with van der Waals surface area (Å²) in [6.45, 7) is 2.65. The first-order valence-corrected chi connectivity index (χ1v) is 8.95. The van der Waals surface area contributed by atoms with E-state index in [1.807, 2.05) is 12.1 Å². The lowest BCUT2D eigenvalue weighted by Gasteiger charge is -2.27. The molecule has 0 atom stereocenters. The maximum atomic E-state index is 9.92. The predicted molar refractivity (Wildman–Crippen MR) is 102 cm³/mol. The summed E-state index contributed by atoms with van der Waals surface area (Å²) in [6, 6.07) is 8.56. The van der Waals surface area contributed by atoms with Gasteiger partial charge in [-0.3, -0.25) is 0 Å². The van der Waals surface area contributed by atoms with E-state index in [4.69, 9.17) is 30.7 Å². The van der Waals surface area contributed by atoms with Crippen LogP contribution in [0.4, 0.5) is 5.82 Å². The molecule has 4 aromatic rings. The highest BCUT2D eigenvalue weighted by molar-refractivity contribution is 6.31. The molecule has 7 nitrogen and oxygen atoms in total. The van der Waals surface area contributed by atoms with Crippen LogP contribution in [0.5, 0.6) is 5.75 Å². The monoisotopic (exact) mass is 382 g/mol. The van der Waals surface area contributed by atoms with Crippen LogP contribution in [0.2, 0.25) is 5.02 Å². The zero-order valence-electron chi connectivity index (χ0n) is 14.2. The van der Waals surface area contributed by atoms with Crippen molar-refractivity contribution in [3.05, 3.63) is 41.6 Å². The molecule has 0 amide bonds. The maximum absolute atomic E-state index is 9.92. The van der Waals surface area contributed by atoms with Gasteiger partial charge >= 0.3 is 0 Å². The van der Waals surface area contributed by atoms with Gasteiger partial charge in [-0.2, -0.15) is 0 Å². The fraction of sp³-hybridized carbons (Fsp3) is 0.211. The molecule has 1 N–H and O–H groups in total. The Balaban J connectivity index is 1.79. The minimum atomic E-state index is 0.0628. The van der Waals surface area contributed by atoms with Crippen LogP contribution < -0.4 is 4.90 Å². The number of fused-ring (bicyclic) bond motifs is 3. The number of halogens is 1. The molecular weight excluding hydrogens is 368 g/mol. The number of rotatable bonds is 2. The zero-order valence-corrected chi connectivity index (χ0v) is 15.0. The average Bonchev–Trinajstić information content (AvgIpc) is 3.06. The van der Waals surface area contributed by atoms with Gasteiger partial charge in [0.2, 0.25) is 5.71 Å². The molecular formula is C19H15ClN4O3. The second-order valence-electron chi connectivity index (χ2n) is 6.30. The summed E-state index contributed by atoms with van der Waals surface area (Å²) in [5.74, 6) is 1.22. The largest absolute Gasteiger partial charge is 0.508 e. The Labute approximate surface area is 159 Å². The Hall–Kier alpha value is -2.90. The van der Waals surface area contributed by atoms with Crippen LogP contribution in [-0.2, 0) is 4.74 Å². The van der Waals surface area contributed by atoms with Crippen LogP contribution >= 0.6 is 11.6 Å². The van der Waals surface area contributed by atoms with Crippen molar-refractivity contribution >= 4 is 39.6 Å². The number of pyridine rings is 1. The molecule has 0 bridgehead atoms. The minimum Gasteiger partial charge on any atom is -0.508 e. The number of hydrogen-bond acceptors (Lipinski definition) is 7. The second kappa shape index (κ2) is 6.37. The summed E-state index contributed by atoms with van der Waals surface area (Å²) in [6.07, 6.45) is 1.68. The Bertz CT molecular complexity index is 1130. The van der Waals surface area contributed by atoms with Gasteiger partial charge in [0.25, 0.3) is 0 Å². The van der Waals surface area contributed by atoms with Gasteiger partial charge in [-0.1, -0.05) is 11.6 Å². The standard InChI is InChI=1S/C19H15ClN4O3/c20-12-8-11(9-13(25)10-12)17-22-15-14-2-1-3-21-19(14)27-16(15)18(23-17)24-4-6-26-7-5-24/h1-3,8-10,25H,4-7H2. The number of aromatic hydroxyl groups is 1. The average molecular weight is 383 g/mol. The van der Waals surface area contributed by atoms with Crippen molar-refractivity contribution in [1.82, 2.24) is 15.0 Å². The number of hydrogen-bond donors (Lipinski definition) is 1. The molecule has 0 spiro atoms. The third-order valence-corrected chi connectivity index (χ3v) is 4.74. The maximum Gasteiger partial charge on any atom is 0.229 e. The third kappa shape index (κ3) is 2.85. The molecule has 0 saturated carbocycles. The lowest BCUT2D eigenvalue weighted by molar-refractivity contribution is 0.122. The third-order valence-electron chi connectivity index (χ3n) is 4.52. The van der Waals surface area contributed by atoms with E-state index in [2.05, 4.69) is 9.88 Å². The smallest absolute Gasteiger partial charge is 0.229 e. The molecule has 3 aromatic heterocycles. The fourth-order valence-corrected chi connectivity index (χ4v) is 3.52. The van der Waals surface area contributed by atoms with E-state index in [-0.39, 0.29) is 5.75 Å². The molecule has 0 aliphatic carbocycles.